The Hall–Kier alpha value is -2.71. The Labute approximate surface area is 186 Å². The van der Waals surface area contributed by atoms with E-state index in [4.69, 9.17) is 11.6 Å². The SMILES string of the molecule is O=C(CCc1cc(F)cc(Cl)c1)[C@@]1(O)CCN(c2ccc3c(c2)C(C(F)(F)F)=CC3)C1=O. The van der Waals surface area contributed by atoms with E-state index >= 15 is 0 Å². The van der Waals surface area contributed by atoms with E-state index in [1.165, 1.54) is 30.3 Å². The zero-order chi connectivity index (χ0) is 23.3. The molecule has 1 amide bonds. The predicted octanol–water partition coefficient (Wildman–Crippen LogP) is 4.65. The molecule has 168 valence electrons. The summed E-state index contributed by atoms with van der Waals surface area (Å²) in [7, 11) is 0. The van der Waals surface area contributed by atoms with E-state index in [-0.39, 0.29) is 48.5 Å². The van der Waals surface area contributed by atoms with Gasteiger partial charge in [-0.2, -0.15) is 13.2 Å². The van der Waals surface area contributed by atoms with Gasteiger partial charge < -0.3 is 10.0 Å². The number of hydrogen-bond donors (Lipinski definition) is 1. The number of anilines is 1. The molecule has 0 aromatic heterocycles. The highest BCUT2D eigenvalue weighted by Crippen LogP contribution is 2.42. The number of aliphatic hydroxyl groups is 1. The third kappa shape index (κ3) is 4.04. The number of alkyl halides is 3. The fraction of sp³-hybridized carbons (Fsp3) is 0.304. The first kappa shape index (κ1) is 22.5. The minimum atomic E-state index is -4.52. The Morgan fingerprint density at radius 1 is 1.19 bits per heavy atom. The third-order valence-electron chi connectivity index (χ3n) is 5.85. The predicted molar refractivity (Wildman–Crippen MR) is 111 cm³/mol. The zero-order valence-electron chi connectivity index (χ0n) is 16.7. The van der Waals surface area contributed by atoms with E-state index in [2.05, 4.69) is 0 Å². The van der Waals surface area contributed by atoms with Crippen LogP contribution in [0.15, 0.2) is 42.5 Å². The number of carbonyl (C=O) groups is 2. The number of ketones is 1. The van der Waals surface area contributed by atoms with E-state index in [1.807, 2.05) is 0 Å². The molecule has 0 spiro atoms. The van der Waals surface area contributed by atoms with Crippen molar-refractivity contribution in [1.29, 1.82) is 0 Å². The number of rotatable bonds is 5. The molecule has 0 saturated carbocycles. The maximum absolute atomic E-state index is 13.5. The molecule has 2 aromatic carbocycles. The van der Waals surface area contributed by atoms with Crippen molar-refractivity contribution < 1.29 is 32.3 Å². The number of Topliss-reactive ketones (excluding diaryl/α,β-unsaturated/α-hetero) is 1. The summed E-state index contributed by atoms with van der Waals surface area (Å²) in [6.07, 6.45) is -3.61. The molecule has 1 fully saturated rings. The average Bonchev–Trinajstić information content (AvgIpc) is 3.27. The molecule has 0 radical (unpaired) electrons. The minimum Gasteiger partial charge on any atom is -0.373 e. The van der Waals surface area contributed by atoms with Crippen molar-refractivity contribution in [3.63, 3.8) is 0 Å². The standard InChI is InChI=1S/C23H18ClF4NO3/c24-15-9-13(10-16(25)11-15)1-6-20(30)22(32)7-8-29(21(22)31)17-4-2-14-3-5-19(18(14)12-17)23(26,27)28/h2,4-5,9-12,32H,1,3,6-8H2/t22-/m0/s1. The first-order chi connectivity index (χ1) is 15.0. The molecule has 4 rings (SSSR count). The number of carbonyl (C=O) groups excluding carboxylic acids is 2. The highest BCUT2D eigenvalue weighted by Gasteiger charge is 2.51. The van der Waals surface area contributed by atoms with Crippen LogP contribution < -0.4 is 4.90 Å². The molecule has 1 aliphatic heterocycles. The molecule has 1 aliphatic carbocycles. The lowest BCUT2D eigenvalue weighted by Crippen LogP contribution is -2.47. The van der Waals surface area contributed by atoms with Crippen LogP contribution in [0.4, 0.5) is 23.2 Å². The van der Waals surface area contributed by atoms with E-state index < -0.39 is 34.9 Å². The summed E-state index contributed by atoms with van der Waals surface area (Å²) in [6.45, 7) is -0.0171. The van der Waals surface area contributed by atoms with Gasteiger partial charge in [0.05, 0.1) is 5.57 Å². The topological polar surface area (TPSA) is 57.6 Å². The molecule has 0 bridgehead atoms. The van der Waals surface area contributed by atoms with Crippen LogP contribution in [-0.2, 0) is 22.4 Å². The molecule has 1 atom stereocenters. The lowest BCUT2D eigenvalue weighted by Gasteiger charge is -2.22. The van der Waals surface area contributed by atoms with Gasteiger partial charge in [-0.15, -0.1) is 0 Å². The highest BCUT2D eigenvalue weighted by atomic mass is 35.5. The van der Waals surface area contributed by atoms with Gasteiger partial charge in [-0.05, 0) is 59.9 Å². The number of amides is 1. The highest BCUT2D eigenvalue weighted by molar-refractivity contribution is 6.30. The quantitative estimate of drug-likeness (QED) is 0.514. The molecule has 1 N–H and O–H groups in total. The summed E-state index contributed by atoms with van der Waals surface area (Å²) in [5.41, 5.74) is -1.93. The van der Waals surface area contributed by atoms with Crippen LogP contribution >= 0.6 is 11.6 Å². The summed E-state index contributed by atoms with van der Waals surface area (Å²) >= 11 is 5.80. The second kappa shape index (κ2) is 8.01. The van der Waals surface area contributed by atoms with Crippen molar-refractivity contribution in [3.8, 4) is 0 Å². The van der Waals surface area contributed by atoms with Crippen LogP contribution in [0.1, 0.15) is 29.5 Å². The largest absolute Gasteiger partial charge is 0.416 e. The van der Waals surface area contributed by atoms with Gasteiger partial charge in [-0.3, -0.25) is 9.59 Å². The summed E-state index contributed by atoms with van der Waals surface area (Å²) in [6, 6.07) is 8.11. The second-order valence-electron chi connectivity index (χ2n) is 7.93. The van der Waals surface area contributed by atoms with Crippen LogP contribution in [0.5, 0.6) is 0 Å². The number of hydrogen-bond acceptors (Lipinski definition) is 3. The Morgan fingerprint density at radius 2 is 1.94 bits per heavy atom. The van der Waals surface area contributed by atoms with E-state index in [0.717, 1.165) is 17.0 Å². The average molecular weight is 468 g/mol. The summed E-state index contributed by atoms with van der Waals surface area (Å²) in [5.74, 6) is -2.18. The number of halogens is 5. The van der Waals surface area contributed by atoms with Gasteiger partial charge in [0.2, 0.25) is 5.60 Å². The smallest absolute Gasteiger partial charge is 0.373 e. The molecular weight excluding hydrogens is 450 g/mol. The zero-order valence-corrected chi connectivity index (χ0v) is 17.4. The van der Waals surface area contributed by atoms with Gasteiger partial charge in [-0.25, -0.2) is 4.39 Å². The molecule has 2 aromatic rings. The molecule has 32 heavy (non-hydrogen) atoms. The molecule has 9 heteroatoms. The van der Waals surface area contributed by atoms with Crippen LogP contribution in [0.2, 0.25) is 5.02 Å². The van der Waals surface area contributed by atoms with Crippen LogP contribution in [0.3, 0.4) is 0 Å². The number of allylic oxidation sites excluding steroid dienone is 2. The molecule has 4 nitrogen and oxygen atoms in total. The van der Waals surface area contributed by atoms with Crippen LogP contribution in [-0.4, -0.2) is 35.1 Å². The number of benzene rings is 2. The van der Waals surface area contributed by atoms with Crippen molar-refractivity contribution >= 4 is 34.6 Å². The van der Waals surface area contributed by atoms with Crippen LogP contribution in [0, 0.1) is 5.82 Å². The Morgan fingerprint density at radius 3 is 2.62 bits per heavy atom. The molecule has 1 saturated heterocycles. The fourth-order valence-corrected chi connectivity index (χ4v) is 4.43. The van der Waals surface area contributed by atoms with Crippen LogP contribution in [0.25, 0.3) is 5.57 Å². The second-order valence-corrected chi connectivity index (χ2v) is 8.37. The Balaban J connectivity index is 1.51. The lowest BCUT2D eigenvalue weighted by molar-refractivity contribution is -0.147. The minimum absolute atomic E-state index is 0.00690. The maximum Gasteiger partial charge on any atom is 0.416 e. The summed E-state index contributed by atoms with van der Waals surface area (Å²) in [4.78, 5) is 26.7. The Bertz CT molecular complexity index is 1120. The van der Waals surface area contributed by atoms with E-state index in [9.17, 15) is 32.3 Å². The van der Waals surface area contributed by atoms with Gasteiger partial charge in [0.15, 0.2) is 5.78 Å². The third-order valence-corrected chi connectivity index (χ3v) is 6.07. The van der Waals surface area contributed by atoms with E-state index in [0.29, 0.717) is 11.1 Å². The first-order valence-corrected chi connectivity index (χ1v) is 10.3. The van der Waals surface area contributed by atoms with Gasteiger partial charge >= 0.3 is 6.18 Å². The van der Waals surface area contributed by atoms with Crippen molar-refractivity contribution in [2.45, 2.75) is 37.5 Å². The van der Waals surface area contributed by atoms with Crippen molar-refractivity contribution in [2.75, 3.05) is 11.4 Å². The Kier molecular flexibility index (Phi) is 5.63. The summed E-state index contributed by atoms with van der Waals surface area (Å²) < 4.78 is 53.3. The normalized spacial score (nSPS) is 20.5. The van der Waals surface area contributed by atoms with Crippen molar-refractivity contribution in [2.24, 2.45) is 0 Å². The molecule has 2 aliphatic rings. The monoisotopic (exact) mass is 467 g/mol. The number of nitrogens with zero attached hydrogens (tertiary/aromatic N) is 1. The van der Waals surface area contributed by atoms with Gasteiger partial charge in [0.1, 0.15) is 5.82 Å². The number of aryl methyl sites for hydroxylation is 1. The fourth-order valence-electron chi connectivity index (χ4n) is 4.18. The molecular formula is C23H18ClF4NO3. The van der Waals surface area contributed by atoms with Gasteiger partial charge in [-0.1, -0.05) is 23.7 Å². The number of fused-ring (bicyclic) bond motifs is 1. The van der Waals surface area contributed by atoms with Gasteiger partial charge in [0, 0.05) is 30.1 Å². The van der Waals surface area contributed by atoms with Gasteiger partial charge in [0.25, 0.3) is 5.91 Å². The van der Waals surface area contributed by atoms with E-state index in [1.54, 1.807) is 0 Å². The summed E-state index contributed by atoms with van der Waals surface area (Å²) in [5, 5.41) is 11.0. The molecule has 1 heterocycles. The maximum atomic E-state index is 13.5. The molecule has 0 unspecified atom stereocenters. The van der Waals surface area contributed by atoms with Crippen molar-refractivity contribution in [3.05, 3.63) is 70.0 Å². The lowest BCUT2D eigenvalue weighted by atomic mass is 9.92. The first-order valence-electron chi connectivity index (χ1n) is 9.92. The van der Waals surface area contributed by atoms with Crippen molar-refractivity contribution in [1.82, 2.24) is 0 Å².